The fraction of sp³-hybridized carbons (Fsp3) is 0.217. The molecule has 2 nitrogen and oxygen atoms in total. The van der Waals surface area contributed by atoms with Gasteiger partial charge in [0.15, 0.2) is 0 Å². The SMILES string of the molecule is CN(CCN)CC[PH](c1ccccc1)(c1ccccc1)c1ccccc1. The summed E-state index contributed by atoms with van der Waals surface area (Å²) in [5.41, 5.74) is 5.77. The Morgan fingerprint density at radius 2 is 1.04 bits per heavy atom. The van der Waals surface area contributed by atoms with Crippen LogP contribution in [0.15, 0.2) is 91.0 Å². The molecule has 3 heteroatoms. The first-order valence-corrected chi connectivity index (χ1v) is 11.5. The third-order valence-corrected chi connectivity index (χ3v) is 10.1. The van der Waals surface area contributed by atoms with Gasteiger partial charge in [0.05, 0.1) is 0 Å². The molecule has 0 unspecified atom stereocenters. The number of nitrogens with zero attached hydrogens (tertiary/aromatic N) is 1. The summed E-state index contributed by atoms with van der Waals surface area (Å²) in [6.45, 7) is 2.68. The molecule has 0 amide bonds. The third-order valence-electron chi connectivity index (χ3n) is 5.18. The minimum absolute atomic E-state index is 0.701. The molecule has 0 aliphatic carbocycles. The third kappa shape index (κ3) is 4.04. The van der Waals surface area contributed by atoms with Gasteiger partial charge in [-0.15, -0.1) is 0 Å². The first kappa shape index (κ1) is 18.8. The van der Waals surface area contributed by atoms with E-state index in [1.807, 2.05) is 0 Å². The molecule has 0 saturated carbocycles. The van der Waals surface area contributed by atoms with Crippen LogP contribution in [0.1, 0.15) is 0 Å². The van der Waals surface area contributed by atoms with Crippen LogP contribution in [-0.2, 0) is 0 Å². The van der Waals surface area contributed by atoms with E-state index in [1.165, 1.54) is 15.9 Å². The Kier molecular flexibility index (Phi) is 6.57. The zero-order valence-electron chi connectivity index (χ0n) is 15.5. The van der Waals surface area contributed by atoms with Gasteiger partial charge in [0.1, 0.15) is 0 Å². The molecule has 3 aromatic rings. The summed E-state index contributed by atoms with van der Waals surface area (Å²) in [7, 11) is 0.0755. The maximum atomic E-state index is 5.77. The minimum atomic E-state index is -2.10. The molecule has 0 fully saturated rings. The molecule has 0 heterocycles. The monoisotopic (exact) mass is 364 g/mol. The Morgan fingerprint density at radius 3 is 1.38 bits per heavy atom. The van der Waals surface area contributed by atoms with Gasteiger partial charge in [0.2, 0.25) is 0 Å². The second-order valence-corrected chi connectivity index (χ2v) is 10.9. The standard InChI is InChI=1S/C23H29N2P/c1-25(18-17-24)19-20-26(21-11-5-2-6-12-21,22-13-7-3-8-14-22)23-15-9-4-10-16-23/h2-16,26H,17-20,24H2,1H3. The summed E-state index contributed by atoms with van der Waals surface area (Å²) >= 11 is 0. The molecule has 0 spiro atoms. The van der Waals surface area contributed by atoms with Crippen molar-refractivity contribution < 1.29 is 0 Å². The Balaban J connectivity index is 2.15. The Labute approximate surface area is 158 Å². The van der Waals surface area contributed by atoms with Crippen LogP contribution in [0.2, 0.25) is 0 Å². The predicted molar refractivity (Wildman–Crippen MR) is 118 cm³/mol. The zero-order valence-corrected chi connectivity index (χ0v) is 16.5. The van der Waals surface area contributed by atoms with Gasteiger partial charge >= 0.3 is 158 Å². The van der Waals surface area contributed by atoms with Crippen molar-refractivity contribution in [3.05, 3.63) is 91.0 Å². The average molecular weight is 364 g/mol. The van der Waals surface area contributed by atoms with Gasteiger partial charge in [-0.3, -0.25) is 0 Å². The maximum absolute atomic E-state index is 5.77. The number of likely N-dealkylation sites (N-methyl/N-ethyl adjacent to an activating group) is 1. The molecule has 3 aromatic carbocycles. The Bertz CT molecular complexity index is 678. The van der Waals surface area contributed by atoms with E-state index in [4.69, 9.17) is 5.73 Å². The number of hydrogen-bond acceptors (Lipinski definition) is 2. The number of nitrogens with two attached hydrogens (primary N) is 1. The number of hydrogen-bond donors (Lipinski definition) is 1. The van der Waals surface area contributed by atoms with Gasteiger partial charge < -0.3 is 0 Å². The predicted octanol–water partition coefficient (Wildman–Crippen LogP) is 2.60. The van der Waals surface area contributed by atoms with Crippen molar-refractivity contribution >= 4 is 23.2 Å². The molecule has 136 valence electrons. The summed E-state index contributed by atoms with van der Waals surface area (Å²) in [6.07, 6.45) is 1.14. The molecule has 3 rings (SSSR count). The van der Waals surface area contributed by atoms with E-state index in [0.29, 0.717) is 6.54 Å². The van der Waals surface area contributed by atoms with Crippen molar-refractivity contribution in [2.75, 3.05) is 32.8 Å². The van der Waals surface area contributed by atoms with Crippen LogP contribution in [0.3, 0.4) is 0 Å². The van der Waals surface area contributed by atoms with Crippen LogP contribution in [0.5, 0.6) is 0 Å². The van der Waals surface area contributed by atoms with E-state index in [1.54, 1.807) is 0 Å². The van der Waals surface area contributed by atoms with Crippen LogP contribution in [0.25, 0.3) is 0 Å². The van der Waals surface area contributed by atoms with Crippen molar-refractivity contribution in [1.82, 2.24) is 4.90 Å². The van der Waals surface area contributed by atoms with Gasteiger partial charge in [0.25, 0.3) is 0 Å². The average Bonchev–Trinajstić information content (AvgIpc) is 2.71. The topological polar surface area (TPSA) is 29.3 Å². The molecule has 0 aliphatic rings. The normalized spacial score (nSPS) is 12.3. The second-order valence-electron chi connectivity index (χ2n) is 6.85. The Hall–Kier alpha value is -1.99. The quantitative estimate of drug-likeness (QED) is 0.623. The van der Waals surface area contributed by atoms with Gasteiger partial charge in [-0.05, 0) is 0 Å². The van der Waals surface area contributed by atoms with Crippen molar-refractivity contribution in [2.45, 2.75) is 0 Å². The van der Waals surface area contributed by atoms with E-state index in [-0.39, 0.29) is 0 Å². The second kappa shape index (κ2) is 9.09. The molecule has 0 aliphatic heterocycles. The van der Waals surface area contributed by atoms with Crippen LogP contribution in [0.4, 0.5) is 0 Å². The van der Waals surface area contributed by atoms with E-state index < -0.39 is 7.26 Å². The molecule has 0 aromatic heterocycles. The van der Waals surface area contributed by atoms with Crippen LogP contribution >= 0.6 is 7.26 Å². The summed E-state index contributed by atoms with van der Waals surface area (Å²) in [5, 5.41) is 4.41. The van der Waals surface area contributed by atoms with Crippen molar-refractivity contribution in [3.63, 3.8) is 0 Å². The molecule has 26 heavy (non-hydrogen) atoms. The van der Waals surface area contributed by atoms with E-state index in [2.05, 4.69) is 103 Å². The zero-order chi connectivity index (χ0) is 18.2. The van der Waals surface area contributed by atoms with Gasteiger partial charge in [0, 0.05) is 0 Å². The number of rotatable bonds is 8. The fourth-order valence-electron chi connectivity index (χ4n) is 3.79. The molecule has 2 N–H and O–H groups in total. The molecular formula is C23H29N2P. The number of benzene rings is 3. The first-order chi connectivity index (χ1) is 12.8. The van der Waals surface area contributed by atoms with Crippen LogP contribution in [0, 0.1) is 0 Å². The van der Waals surface area contributed by atoms with Crippen molar-refractivity contribution in [3.8, 4) is 0 Å². The van der Waals surface area contributed by atoms with E-state index in [0.717, 1.165) is 19.3 Å². The first-order valence-electron chi connectivity index (χ1n) is 9.32. The summed E-state index contributed by atoms with van der Waals surface area (Å²) in [6, 6.07) is 33.3. The fourth-order valence-corrected chi connectivity index (χ4v) is 8.66. The van der Waals surface area contributed by atoms with Gasteiger partial charge in [-0.2, -0.15) is 0 Å². The van der Waals surface area contributed by atoms with Crippen molar-refractivity contribution in [1.29, 1.82) is 0 Å². The molecule has 0 atom stereocenters. The van der Waals surface area contributed by atoms with E-state index in [9.17, 15) is 0 Å². The Morgan fingerprint density at radius 1 is 0.654 bits per heavy atom. The van der Waals surface area contributed by atoms with Gasteiger partial charge in [-0.25, -0.2) is 0 Å². The molecule has 0 saturated heterocycles. The summed E-state index contributed by atoms with van der Waals surface area (Å²) < 4.78 is 0. The summed E-state index contributed by atoms with van der Waals surface area (Å²) in [4.78, 5) is 2.36. The molecule has 0 radical (unpaired) electrons. The van der Waals surface area contributed by atoms with Crippen LogP contribution in [-0.4, -0.2) is 37.7 Å². The molecule has 0 bridgehead atoms. The van der Waals surface area contributed by atoms with E-state index >= 15 is 0 Å². The summed E-state index contributed by atoms with van der Waals surface area (Å²) in [5.74, 6) is 0. The van der Waals surface area contributed by atoms with Crippen molar-refractivity contribution in [2.24, 2.45) is 5.73 Å². The molecular weight excluding hydrogens is 335 g/mol. The van der Waals surface area contributed by atoms with Crippen LogP contribution < -0.4 is 21.6 Å². The van der Waals surface area contributed by atoms with Gasteiger partial charge in [-0.1, -0.05) is 0 Å².